The Morgan fingerprint density at radius 1 is 0.867 bits per heavy atom. The van der Waals surface area contributed by atoms with Gasteiger partial charge in [0.1, 0.15) is 0 Å². The van der Waals surface area contributed by atoms with Gasteiger partial charge in [0.15, 0.2) is 0 Å². The van der Waals surface area contributed by atoms with Crippen LogP contribution in [-0.4, -0.2) is 5.71 Å². The molecule has 0 bridgehead atoms. The van der Waals surface area contributed by atoms with Crippen LogP contribution in [0.25, 0.3) is 0 Å². The van der Waals surface area contributed by atoms with Gasteiger partial charge in [-0.2, -0.15) is 0 Å². The minimum absolute atomic E-state index is 0.748. The molecule has 15 heavy (non-hydrogen) atoms. The highest BCUT2D eigenvalue weighted by Gasteiger charge is 1.93. The van der Waals surface area contributed by atoms with E-state index in [2.05, 4.69) is 12.1 Å². The van der Waals surface area contributed by atoms with Crippen LogP contribution in [0.2, 0.25) is 0 Å². The van der Waals surface area contributed by atoms with Crippen molar-refractivity contribution in [3.63, 3.8) is 0 Å². The third-order valence-corrected chi connectivity index (χ3v) is 2.80. The van der Waals surface area contributed by atoms with Gasteiger partial charge < -0.3 is 10.4 Å². The molecule has 0 aliphatic rings. The Hall–Kier alpha value is -0.530. The van der Waals surface area contributed by atoms with Gasteiger partial charge in [-0.05, 0) is 19.8 Å². The van der Waals surface area contributed by atoms with Crippen LogP contribution < -0.4 is 0 Å². The molecule has 0 N–H and O–H groups in total. The Labute approximate surface area is 94.8 Å². The average molecular weight is 212 g/mol. The minimum atomic E-state index is 0.748. The van der Waals surface area contributed by atoms with E-state index in [4.69, 9.17) is 0 Å². The molecule has 90 valence electrons. The first-order valence-electron chi connectivity index (χ1n) is 6.47. The van der Waals surface area contributed by atoms with E-state index in [0.29, 0.717) is 0 Å². The van der Waals surface area contributed by atoms with Crippen molar-refractivity contribution in [1.82, 2.24) is 0 Å². The van der Waals surface area contributed by atoms with Crippen molar-refractivity contribution < 1.29 is 0 Å². The summed E-state index contributed by atoms with van der Waals surface area (Å²) >= 11 is 0. The molecular formula is C13H26NO-. The molecule has 0 aliphatic heterocycles. The van der Waals surface area contributed by atoms with E-state index in [9.17, 15) is 5.21 Å². The van der Waals surface area contributed by atoms with Crippen LogP contribution in [0.15, 0.2) is 5.16 Å². The molecule has 0 aromatic rings. The van der Waals surface area contributed by atoms with Crippen molar-refractivity contribution in [3.8, 4) is 0 Å². The fourth-order valence-electron chi connectivity index (χ4n) is 1.74. The summed E-state index contributed by atoms with van der Waals surface area (Å²) in [4.78, 5) is 0. The van der Waals surface area contributed by atoms with Crippen molar-refractivity contribution in [2.75, 3.05) is 0 Å². The van der Waals surface area contributed by atoms with Crippen molar-refractivity contribution in [1.29, 1.82) is 0 Å². The number of hydrogen-bond acceptors (Lipinski definition) is 2. The average Bonchev–Trinajstić information content (AvgIpc) is 2.26. The summed E-state index contributed by atoms with van der Waals surface area (Å²) in [7, 11) is 0. The molecule has 0 saturated carbocycles. The summed E-state index contributed by atoms with van der Waals surface area (Å²) in [5.74, 6) is 0. The molecule has 2 nitrogen and oxygen atoms in total. The fraction of sp³-hybridized carbons (Fsp3) is 0.923. The normalized spacial score (nSPS) is 12.0. The van der Waals surface area contributed by atoms with Gasteiger partial charge >= 0.3 is 0 Å². The maximum atomic E-state index is 10.1. The van der Waals surface area contributed by atoms with Crippen molar-refractivity contribution in [3.05, 3.63) is 5.21 Å². The van der Waals surface area contributed by atoms with Gasteiger partial charge in [-0.1, -0.05) is 58.3 Å². The third-order valence-electron chi connectivity index (χ3n) is 2.80. The molecule has 2 heteroatoms. The van der Waals surface area contributed by atoms with Gasteiger partial charge in [0.05, 0.1) is 0 Å². The van der Waals surface area contributed by atoms with Crippen LogP contribution in [0.4, 0.5) is 0 Å². The van der Waals surface area contributed by atoms with Crippen LogP contribution in [0.1, 0.15) is 78.1 Å². The smallest absolute Gasteiger partial charge is 0.00376 e. The second-order valence-electron chi connectivity index (χ2n) is 4.40. The van der Waals surface area contributed by atoms with E-state index in [1.165, 1.54) is 51.4 Å². The van der Waals surface area contributed by atoms with Crippen LogP contribution in [0.3, 0.4) is 0 Å². The highest BCUT2D eigenvalue weighted by molar-refractivity contribution is 5.81. The largest absolute Gasteiger partial charge is 0.792 e. The van der Waals surface area contributed by atoms with Crippen molar-refractivity contribution in [2.45, 2.75) is 78.1 Å². The summed E-state index contributed by atoms with van der Waals surface area (Å²) in [6.45, 7) is 4.07. The number of hydrogen-bond donors (Lipinski definition) is 0. The highest BCUT2D eigenvalue weighted by atomic mass is 16.4. The summed E-state index contributed by atoms with van der Waals surface area (Å²) in [5, 5.41) is 13.0. The molecule has 0 fully saturated rings. The third kappa shape index (κ3) is 11.4. The zero-order chi connectivity index (χ0) is 11.4. The molecule has 0 radical (unpaired) electrons. The van der Waals surface area contributed by atoms with E-state index in [0.717, 1.165) is 18.6 Å². The molecule has 0 saturated heterocycles. The van der Waals surface area contributed by atoms with E-state index < -0.39 is 0 Å². The minimum Gasteiger partial charge on any atom is -0.792 e. The Balaban J connectivity index is 2.99. The zero-order valence-electron chi connectivity index (χ0n) is 10.4. The summed E-state index contributed by atoms with van der Waals surface area (Å²) < 4.78 is 0. The van der Waals surface area contributed by atoms with Crippen LogP contribution in [-0.2, 0) is 0 Å². The van der Waals surface area contributed by atoms with E-state index in [1.54, 1.807) is 0 Å². The first-order valence-corrected chi connectivity index (χ1v) is 6.47. The second kappa shape index (κ2) is 11.5. The molecule has 0 unspecified atom stereocenters. The molecule has 0 rings (SSSR count). The lowest BCUT2D eigenvalue weighted by Crippen LogP contribution is -1.90. The molecule has 0 amide bonds. The van der Waals surface area contributed by atoms with E-state index >= 15 is 0 Å². The molecule has 0 aromatic heterocycles. The topological polar surface area (TPSA) is 35.4 Å². The van der Waals surface area contributed by atoms with Gasteiger partial charge in [-0.3, -0.25) is 0 Å². The lowest BCUT2D eigenvalue weighted by atomic mass is 10.1. The zero-order valence-corrected chi connectivity index (χ0v) is 10.4. The Morgan fingerprint density at radius 3 is 1.80 bits per heavy atom. The molecule has 0 spiro atoms. The fourth-order valence-corrected chi connectivity index (χ4v) is 1.74. The lowest BCUT2D eigenvalue weighted by molar-refractivity contribution is 0.568. The monoisotopic (exact) mass is 212 g/mol. The maximum absolute atomic E-state index is 10.1. The molecule has 0 aromatic carbocycles. The van der Waals surface area contributed by atoms with Crippen molar-refractivity contribution >= 4 is 5.71 Å². The first kappa shape index (κ1) is 14.5. The van der Waals surface area contributed by atoms with Gasteiger partial charge in [0, 0.05) is 5.71 Å². The predicted molar refractivity (Wildman–Crippen MR) is 68.3 cm³/mol. The molecule has 0 atom stereocenters. The van der Waals surface area contributed by atoms with Gasteiger partial charge in [0.2, 0.25) is 0 Å². The standard InChI is InChI=1S/C13H27NO/c1-3-4-5-6-7-8-9-10-11-12-13(2)14-15/h15H,3-12H2,1-2H3/p-1. The van der Waals surface area contributed by atoms with E-state index in [1.807, 2.05) is 6.92 Å². The predicted octanol–water partition coefficient (Wildman–Crippen LogP) is 4.87. The van der Waals surface area contributed by atoms with Gasteiger partial charge in [-0.15, -0.1) is 0 Å². The molecular weight excluding hydrogens is 186 g/mol. The Bertz CT molecular complexity index is 155. The Kier molecular flexibility index (Phi) is 11.1. The molecule has 0 aliphatic carbocycles. The SMILES string of the molecule is CCCCCCCCCCCC(C)=N[O-]. The highest BCUT2D eigenvalue weighted by Crippen LogP contribution is 2.10. The van der Waals surface area contributed by atoms with Crippen molar-refractivity contribution in [2.24, 2.45) is 5.16 Å². The van der Waals surface area contributed by atoms with Crippen LogP contribution in [0, 0.1) is 5.21 Å². The second-order valence-corrected chi connectivity index (χ2v) is 4.40. The van der Waals surface area contributed by atoms with Gasteiger partial charge in [0.25, 0.3) is 0 Å². The quantitative estimate of drug-likeness (QED) is 0.289. The van der Waals surface area contributed by atoms with Gasteiger partial charge in [-0.25, -0.2) is 0 Å². The lowest BCUT2D eigenvalue weighted by Gasteiger charge is -2.03. The molecule has 0 heterocycles. The number of rotatable bonds is 10. The number of nitrogens with zero attached hydrogens (tertiary/aromatic N) is 1. The van der Waals surface area contributed by atoms with E-state index in [-0.39, 0.29) is 0 Å². The number of unbranched alkanes of at least 4 members (excludes halogenated alkanes) is 8. The maximum Gasteiger partial charge on any atom is 0.00376 e. The first-order chi connectivity index (χ1) is 7.31. The summed E-state index contributed by atoms with van der Waals surface area (Å²) in [6.07, 6.45) is 12.8. The summed E-state index contributed by atoms with van der Waals surface area (Å²) in [6, 6.07) is 0. The Morgan fingerprint density at radius 2 is 1.33 bits per heavy atom. The van der Waals surface area contributed by atoms with Crippen LogP contribution >= 0.6 is 0 Å². The summed E-state index contributed by atoms with van der Waals surface area (Å²) in [5.41, 5.74) is 0.748. The van der Waals surface area contributed by atoms with Crippen LogP contribution in [0.5, 0.6) is 0 Å².